The van der Waals surface area contributed by atoms with Crippen LogP contribution in [0.15, 0.2) is 121 Å². The number of rotatable bonds is 10. The standard InChI is InChI=1S/C27H28O2Si/c1-2-3-4-14-23-28-30(26-19-10-6-11-20-26,27-21-12-7-13-22-27)29-24-15-18-25-16-8-5-9-17-25/h2-22H,23-24H2,1H3/b3-2+,14-4-,18-15+. The molecule has 2 nitrogen and oxygen atoms in total. The predicted molar refractivity (Wildman–Crippen MR) is 129 cm³/mol. The van der Waals surface area contributed by atoms with Gasteiger partial charge in [-0.2, -0.15) is 0 Å². The molecule has 0 amide bonds. The Bertz CT molecular complexity index is 908. The van der Waals surface area contributed by atoms with Crippen molar-refractivity contribution < 1.29 is 8.85 Å². The molecule has 3 heteroatoms. The van der Waals surface area contributed by atoms with E-state index < -0.39 is 8.56 Å². The summed E-state index contributed by atoms with van der Waals surface area (Å²) in [6.07, 6.45) is 12.2. The summed E-state index contributed by atoms with van der Waals surface area (Å²) in [6.45, 7) is 2.96. The van der Waals surface area contributed by atoms with Crippen LogP contribution in [-0.4, -0.2) is 21.8 Å². The molecule has 0 radical (unpaired) electrons. The second-order valence-electron chi connectivity index (χ2n) is 6.74. The molecule has 0 unspecified atom stereocenters. The first-order valence-electron chi connectivity index (χ1n) is 10.2. The fourth-order valence-electron chi connectivity index (χ4n) is 3.18. The highest BCUT2D eigenvalue weighted by atomic mass is 28.4. The average Bonchev–Trinajstić information content (AvgIpc) is 2.82. The summed E-state index contributed by atoms with van der Waals surface area (Å²) >= 11 is 0. The van der Waals surface area contributed by atoms with Crippen molar-refractivity contribution in [3.05, 3.63) is 127 Å². The van der Waals surface area contributed by atoms with Gasteiger partial charge in [-0.3, -0.25) is 0 Å². The van der Waals surface area contributed by atoms with Crippen LogP contribution < -0.4 is 10.4 Å². The molecule has 152 valence electrons. The largest absolute Gasteiger partial charge is 0.407 e. The van der Waals surface area contributed by atoms with Crippen molar-refractivity contribution in [2.45, 2.75) is 6.92 Å². The Kier molecular flexibility index (Phi) is 8.60. The molecule has 30 heavy (non-hydrogen) atoms. The molecule has 0 spiro atoms. The maximum Gasteiger partial charge on any atom is 0.407 e. The number of hydrogen-bond donors (Lipinski definition) is 0. The van der Waals surface area contributed by atoms with Crippen LogP contribution >= 0.6 is 0 Å². The zero-order valence-corrected chi connectivity index (χ0v) is 18.4. The summed E-state index contributed by atoms with van der Waals surface area (Å²) in [7, 11) is -2.87. The minimum Gasteiger partial charge on any atom is -0.384 e. The quantitative estimate of drug-likeness (QED) is 0.340. The van der Waals surface area contributed by atoms with Gasteiger partial charge in [0, 0.05) is 0 Å². The minimum atomic E-state index is -2.87. The predicted octanol–water partition coefficient (Wildman–Crippen LogP) is 5.12. The fraction of sp³-hybridized carbons (Fsp3) is 0.111. The second-order valence-corrected chi connectivity index (χ2v) is 9.70. The molecular weight excluding hydrogens is 384 g/mol. The first kappa shape index (κ1) is 21.7. The van der Waals surface area contributed by atoms with E-state index in [0.717, 1.165) is 15.9 Å². The third kappa shape index (κ3) is 6.01. The van der Waals surface area contributed by atoms with Gasteiger partial charge in [0.1, 0.15) is 0 Å². The first-order chi connectivity index (χ1) is 14.8. The van der Waals surface area contributed by atoms with Crippen molar-refractivity contribution >= 4 is 25.0 Å². The zero-order valence-electron chi connectivity index (χ0n) is 17.4. The van der Waals surface area contributed by atoms with E-state index in [1.54, 1.807) is 0 Å². The molecule has 0 heterocycles. The lowest BCUT2D eigenvalue weighted by Gasteiger charge is -2.30. The smallest absolute Gasteiger partial charge is 0.384 e. The maximum absolute atomic E-state index is 6.61. The normalized spacial score (nSPS) is 12.3. The van der Waals surface area contributed by atoms with E-state index in [9.17, 15) is 0 Å². The monoisotopic (exact) mass is 412 g/mol. The topological polar surface area (TPSA) is 18.5 Å². The molecule has 0 bridgehead atoms. The molecular formula is C27H28O2Si. The van der Waals surface area contributed by atoms with E-state index >= 15 is 0 Å². The molecule has 0 aliphatic heterocycles. The van der Waals surface area contributed by atoms with Crippen molar-refractivity contribution in [3.63, 3.8) is 0 Å². The van der Waals surface area contributed by atoms with Crippen LogP contribution in [0.2, 0.25) is 0 Å². The zero-order chi connectivity index (χ0) is 20.9. The van der Waals surface area contributed by atoms with Crippen LogP contribution in [0.3, 0.4) is 0 Å². The third-order valence-corrected chi connectivity index (χ3v) is 7.96. The molecule has 0 saturated carbocycles. The molecule has 0 saturated heterocycles. The van der Waals surface area contributed by atoms with E-state index in [4.69, 9.17) is 8.85 Å². The Morgan fingerprint density at radius 2 is 1.13 bits per heavy atom. The Labute approximate surface area is 181 Å². The van der Waals surface area contributed by atoms with Gasteiger partial charge in [0.15, 0.2) is 0 Å². The van der Waals surface area contributed by atoms with Crippen molar-refractivity contribution in [3.8, 4) is 0 Å². The van der Waals surface area contributed by atoms with E-state index in [-0.39, 0.29) is 0 Å². The van der Waals surface area contributed by atoms with Crippen LogP contribution in [0.1, 0.15) is 12.5 Å². The molecule has 3 aromatic rings. The molecule has 0 aliphatic carbocycles. The highest BCUT2D eigenvalue weighted by molar-refractivity contribution is 6.92. The first-order valence-corrected chi connectivity index (χ1v) is 12.1. The molecule has 0 N–H and O–H groups in total. The third-order valence-electron chi connectivity index (χ3n) is 4.62. The molecule has 0 fully saturated rings. The Morgan fingerprint density at radius 3 is 1.67 bits per heavy atom. The van der Waals surface area contributed by atoms with Gasteiger partial charge in [0.2, 0.25) is 0 Å². The molecule has 0 aromatic heterocycles. The molecule has 3 aromatic carbocycles. The van der Waals surface area contributed by atoms with Crippen LogP contribution in [0.4, 0.5) is 0 Å². The van der Waals surface area contributed by atoms with E-state index in [1.807, 2.05) is 85.8 Å². The summed E-state index contributed by atoms with van der Waals surface area (Å²) in [4.78, 5) is 0. The van der Waals surface area contributed by atoms with Crippen molar-refractivity contribution in [1.29, 1.82) is 0 Å². The van der Waals surface area contributed by atoms with E-state index in [1.165, 1.54) is 0 Å². The Balaban J connectivity index is 1.89. The lowest BCUT2D eigenvalue weighted by Crippen LogP contribution is -2.63. The Morgan fingerprint density at radius 1 is 0.633 bits per heavy atom. The number of allylic oxidation sites excluding steroid dienone is 3. The molecule has 0 atom stereocenters. The van der Waals surface area contributed by atoms with E-state index in [2.05, 4.69) is 48.6 Å². The van der Waals surface area contributed by atoms with Crippen LogP contribution in [0.5, 0.6) is 0 Å². The summed E-state index contributed by atoms with van der Waals surface area (Å²) in [5.74, 6) is 0. The summed E-state index contributed by atoms with van der Waals surface area (Å²) in [5, 5.41) is 2.20. The Hall–Kier alpha value is -2.98. The van der Waals surface area contributed by atoms with Gasteiger partial charge in [-0.15, -0.1) is 0 Å². The van der Waals surface area contributed by atoms with Crippen molar-refractivity contribution in [2.24, 2.45) is 0 Å². The SMILES string of the molecule is C/C=C/C=C\CO[Si](OC/C=C/c1ccccc1)(c1ccccc1)c1ccccc1. The number of hydrogen-bond acceptors (Lipinski definition) is 2. The summed E-state index contributed by atoms with van der Waals surface area (Å²) in [6, 6.07) is 30.9. The van der Waals surface area contributed by atoms with Gasteiger partial charge in [-0.25, -0.2) is 0 Å². The second kappa shape index (κ2) is 11.9. The fourth-order valence-corrected chi connectivity index (χ4v) is 6.19. The van der Waals surface area contributed by atoms with Crippen molar-refractivity contribution in [1.82, 2.24) is 0 Å². The minimum absolute atomic E-state index is 0.476. The van der Waals surface area contributed by atoms with Gasteiger partial charge in [0.25, 0.3) is 0 Å². The van der Waals surface area contributed by atoms with Crippen molar-refractivity contribution in [2.75, 3.05) is 13.2 Å². The lowest BCUT2D eigenvalue weighted by molar-refractivity contribution is 0.227. The molecule has 0 aliphatic rings. The lowest BCUT2D eigenvalue weighted by atomic mass is 10.2. The number of benzene rings is 3. The van der Waals surface area contributed by atoms with Gasteiger partial charge in [-0.1, -0.05) is 127 Å². The van der Waals surface area contributed by atoms with Crippen LogP contribution in [-0.2, 0) is 8.85 Å². The van der Waals surface area contributed by atoms with Crippen LogP contribution in [0, 0.1) is 0 Å². The maximum atomic E-state index is 6.61. The highest BCUT2D eigenvalue weighted by Gasteiger charge is 2.42. The summed E-state index contributed by atoms with van der Waals surface area (Å²) < 4.78 is 13.2. The van der Waals surface area contributed by atoms with Gasteiger partial charge in [-0.05, 0) is 22.9 Å². The summed E-state index contributed by atoms with van der Waals surface area (Å²) in [5.41, 5.74) is 1.16. The van der Waals surface area contributed by atoms with Gasteiger partial charge in [0.05, 0.1) is 13.2 Å². The van der Waals surface area contributed by atoms with Crippen LogP contribution in [0.25, 0.3) is 6.08 Å². The average molecular weight is 413 g/mol. The van der Waals surface area contributed by atoms with E-state index in [0.29, 0.717) is 13.2 Å². The highest BCUT2D eigenvalue weighted by Crippen LogP contribution is 2.11. The molecule has 3 rings (SSSR count). The van der Waals surface area contributed by atoms with Gasteiger partial charge >= 0.3 is 8.56 Å². The van der Waals surface area contributed by atoms with Gasteiger partial charge < -0.3 is 8.85 Å².